The highest BCUT2D eigenvalue weighted by Crippen LogP contribution is 2.20. The van der Waals surface area contributed by atoms with E-state index in [1.54, 1.807) is 14.0 Å². The molecule has 0 saturated carbocycles. The molecule has 0 aliphatic heterocycles. The Kier molecular flexibility index (Phi) is 6.62. The van der Waals surface area contributed by atoms with Crippen molar-refractivity contribution in [3.63, 3.8) is 0 Å². The van der Waals surface area contributed by atoms with Crippen LogP contribution in [0.5, 0.6) is 0 Å². The van der Waals surface area contributed by atoms with E-state index in [0.717, 1.165) is 0 Å². The highest BCUT2D eigenvalue weighted by Gasteiger charge is 2.25. The van der Waals surface area contributed by atoms with Crippen LogP contribution in [0.15, 0.2) is 0 Å². The van der Waals surface area contributed by atoms with Crippen LogP contribution in [0, 0.1) is 0 Å². The van der Waals surface area contributed by atoms with Gasteiger partial charge >= 0.3 is 0 Å². The number of hydrogen-bond acceptors (Lipinski definition) is 4. The quantitative estimate of drug-likeness (QED) is 0.687. The van der Waals surface area contributed by atoms with Gasteiger partial charge in [0.05, 0.1) is 30.0 Å². The second kappa shape index (κ2) is 6.69. The van der Waals surface area contributed by atoms with Gasteiger partial charge in [0.1, 0.15) is 0 Å². The summed E-state index contributed by atoms with van der Waals surface area (Å²) in [4.78, 5) is 0. The van der Waals surface area contributed by atoms with Gasteiger partial charge in [0.15, 0.2) is 0 Å². The molecule has 4 nitrogen and oxygen atoms in total. The molecule has 0 amide bonds. The monoisotopic (exact) mass is 248 g/mol. The van der Waals surface area contributed by atoms with Gasteiger partial charge in [-0.3, -0.25) is 0 Å². The van der Waals surface area contributed by atoms with E-state index in [0.29, 0.717) is 12.8 Å². The van der Waals surface area contributed by atoms with E-state index in [4.69, 9.17) is 9.47 Å². The minimum atomic E-state index is -0.557. The molecule has 2 N–H and O–H groups in total. The SMILES string of the molecule is COC(C)(C)CC(O)COC(C)(C)CC(C)O. The Bertz CT molecular complexity index is 211. The number of aliphatic hydroxyl groups excluding tert-OH is 2. The molecule has 0 heterocycles. The summed E-state index contributed by atoms with van der Waals surface area (Å²) < 4.78 is 10.9. The van der Waals surface area contributed by atoms with E-state index in [9.17, 15) is 10.2 Å². The second-order valence-corrected chi connectivity index (χ2v) is 5.95. The van der Waals surface area contributed by atoms with E-state index < -0.39 is 17.8 Å². The number of aliphatic hydroxyl groups is 2. The second-order valence-electron chi connectivity index (χ2n) is 5.95. The summed E-state index contributed by atoms with van der Waals surface area (Å²) in [7, 11) is 1.63. The van der Waals surface area contributed by atoms with Crippen molar-refractivity contribution in [1.29, 1.82) is 0 Å². The Balaban J connectivity index is 4.02. The van der Waals surface area contributed by atoms with Crippen LogP contribution in [0.2, 0.25) is 0 Å². The average Bonchev–Trinajstić information content (AvgIpc) is 2.12. The smallest absolute Gasteiger partial charge is 0.0801 e. The highest BCUT2D eigenvalue weighted by atomic mass is 16.5. The first kappa shape index (κ1) is 16.8. The van der Waals surface area contributed by atoms with Gasteiger partial charge in [-0.15, -0.1) is 0 Å². The first-order chi connectivity index (χ1) is 7.58. The minimum absolute atomic E-state index is 0.256. The maximum Gasteiger partial charge on any atom is 0.0801 e. The van der Waals surface area contributed by atoms with Crippen LogP contribution >= 0.6 is 0 Å². The average molecular weight is 248 g/mol. The molecule has 0 aromatic rings. The molecule has 0 aromatic heterocycles. The first-order valence-corrected chi connectivity index (χ1v) is 6.13. The normalized spacial score (nSPS) is 16.9. The Morgan fingerprint density at radius 2 is 1.53 bits per heavy atom. The van der Waals surface area contributed by atoms with Crippen molar-refractivity contribution in [2.45, 2.75) is 70.9 Å². The zero-order valence-electron chi connectivity index (χ0n) is 12.0. The third kappa shape index (κ3) is 8.55. The number of hydrogen-bond donors (Lipinski definition) is 2. The van der Waals surface area contributed by atoms with Crippen molar-refractivity contribution < 1.29 is 19.7 Å². The van der Waals surface area contributed by atoms with Gasteiger partial charge in [-0.2, -0.15) is 0 Å². The molecule has 4 heteroatoms. The molecule has 2 unspecified atom stereocenters. The Hall–Kier alpha value is -0.160. The molecule has 0 rings (SSSR count). The summed E-state index contributed by atoms with van der Waals surface area (Å²) in [6.07, 6.45) is 0.109. The molecular weight excluding hydrogens is 220 g/mol. The van der Waals surface area contributed by atoms with Gasteiger partial charge in [-0.05, 0) is 34.6 Å². The van der Waals surface area contributed by atoms with Crippen LogP contribution in [0.3, 0.4) is 0 Å². The van der Waals surface area contributed by atoms with Crippen LogP contribution in [0.25, 0.3) is 0 Å². The van der Waals surface area contributed by atoms with Crippen molar-refractivity contribution >= 4 is 0 Å². The Labute approximate surface area is 105 Å². The molecule has 17 heavy (non-hydrogen) atoms. The van der Waals surface area contributed by atoms with Gasteiger partial charge in [-0.25, -0.2) is 0 Å². The molecule has 0 saturated heterocycles. The van der Waals surface area contributed by atoms with Crippen molar-refractivity contribution in [2.24, 2.45) is 0 Å². The lowest BCUT2D eigenvalue weighted by Gasteiger charge is -2.30. The summed E-state index contributed by atoms with van der Waals surface area (Å²) in [6, 6.07) is 0. The molecule has 104 valence electrons. The lowest BCUT2D eigenvalue weighted by Crippen LogP contribution is -2.36. The summed E-state index contributed by atoms with van der Waals surface area (Å²) in [5.41, 5.74) is -0.774. The van der Waals surface area contributed by atoms with Crippen LogP contribution < -0.4 is 0 Å². The maximum absolute atomic E-state index is 9.85. The van der Waals surface area contributed by atoms with E-state index in [2.05, 4.69) is 0 Å². The van der Waals surface area contributed by atoms with Crippen LogP contribution in [-0.4, -0.2) is 47.3 Å². The lowest BCUT2D eigenvalue weighted by atomic mass is 9.99. The number of methoxy groups -OCH3 is 1. The van der Waals surface area contributed by atoms with E-state index in [1.807, 2.05) is 27.7 Å². The van der Waals surface area contributed by atoms with E-state index >= 15 is 0 Å². The van der Waals surface area contributed by atoms with Crippen molar-refractivity contribution in [3.8, 4) is 0 Å². The molecule has 0 spiro atoms. The summed E-state index contributed by atoms with van der Waals surface area (Å²) in [5.74, 6) is 0. The lowest BCUT2D eigenvalue weighted by molar-refractivity contribution is -0.0972. The summed E-state index contributed by atoms with van der Waals surface area (Å²) in [5, 5.41) is 19.2. The van der Waals surface area contributed by atoms with Gasteiger partial charge < -0.3 is 19.7 Å². The minimum Gasteiger partial charge on any atom is -0.393 e. The molecule has 2 atom stereocenters. The molecule has 0 radical (unpaired) electrons. The van der Waals surface area contributed by atoms with Gasteiger partial charge in [-0.1, -0.05) is 0 Å². The fourth-order valence-electron chi connectivity index (χ4n) is 1.80. The van der Waals surface area contributed by atoms with Gasteiger partial charge in [0.2, 0.25) is 0 Å². The van der Waals surface area contributed by atoms with E-state index in [-0.39, 0.29) is 12.2 Å². The number of rotatable bonds is 8. The predicted octanol–water partition coefficient (Wildman–Crippen LogP) is 1.73. The molecular formula is C13H28O4. The van der Waals surface area contributed by atoms with Crippen molar-refractivity contribution in [3.05, 3.63) is 0 Å². The Morgan fingerprint density at radius 1 is 1.00 bits per heavy atom. The van der Waals surface area contributed by atoms with Crippen LogP contribution in [0.1, 0.15) is 47.5 Å². The molecule has 0 aliphatic rings. The van der Waals surface area contributed by atoms with Crippen LogP contribution in [0.4, 0.5) is 0 Å². The number of ether oxygens (including phenoxy) is 2. The first-order valence-electron chi connectivity index (χ1n) is 6.13. The third-order valence-electron chi connectivity index (χ3n) is 2.73. The summed E-state index contributed by atoms with van der Waals surface area (Å²) >= 11 is 0. The topological polar surface area (TPSA) is 58.9 Å². The zero-order valence-corrected chi connectivity index (χ0v) is 12.0. The molecule has 0 fully saturated rings. The predicted molar refractivity (Wildman–Crippen MR) is 68.0 cm³/mol. The summed E-state index contributed by atoms with van der Waals surface area (Å²) in [6.45, 7) is 9.66. The Morgan fingerprint density at radius 3 is 1.94 bits per heavy atom. The van der Waals surface area contributed by atoms with Crippen molar-refractivity contribution in [2.75, 3.05) is 13.7 Å². The third-order valence-corrected chi connectivity index (χ3v) is 2.73. The van der Waals surface area contributed by atoms with Gasteiger partial charge in [0.25, 0.3) is 0 Å². The highest BCUT2D eigenvalue weighted by molar-refractivity contribution is 4.76. The molecule has 0 aromatic carbocycles. The molecule has 0 bridgehead atoms. The molecule has 0 aliphatic carbocycles. The fraction of sp³-hybridized carbons (Fsp3) is 1.00. The fourth-order valence-corrected chi connectivity index (χ4v) is 1.80. The largest absolute Gasteiger partial charge is 0.393 e. The van der Waals surface area contributed by atoms with E-state index in [1.165, 1.54) is 0 Å². The van der Waals surface area contributed by atoms with Crippen LogP contribution in [-0.2, 0) is 9.47 Å². The maximum atomic E-state index is 9.85. The van der Waals surface area contributed by atoms with Crippen molar-refractivity contribution in [1.82, 2.24) is 0 Å². The van der Waals surface area contributed by atoms with Gasteiger partial charge in [0, 0.05) is 20.0 Å². The zero-order chi connectivity index (χ0) is 13.7. The standard InChI is InChI=1S/C13H28O4/c1-10(14)7-13(4,5)17-9-11(15)8-12(2,3)16-6/h10-11,14-15H,7-9H2,1-6H3.